The lowest BCUT2D eigenvalue weighted by Gasteiger charge is -2.44. The number of piperazine rings is 1. The fourth-order valence-electron chi connectivity index (χ4n) is 3.87. The van der Waals surface area contributed by atoms with Gasteiger partial charge in [-0.25, -0.2) is 4.39 Å². The lowest BCUT2D eigenvalue weighted by Crippen LogP contribution is -2.55. The van der Waals surface area contributed by atoms with Crippen molar-refractivity contribution in [3.05, 3.63) is 29.6 Å². The van der Waals surface area contributed by atoms with Gasteiger partial charge in [-0.3, -0.25) is 4.90 Å². The lowest BCUT2D eigenvalue weighted by molar-refractivity contribution is 0.202. The van der Waals surface area contributed by atoms with E-state index in [1.54, 1.807) is 6.07 Å². The highest BCUT2D eigenvalue weighted by molar-refractivity contribution is 5.57. The first kappa shape index (κ1) is 14.8. The second-order valence-corrected chi connectivity index (χ2v) is 6.48. The quantitative estimate of drug-likeness (QED) is 0.924. The maximum atomic E-state index is 14.4. The van der Waals surface area contributed by atoms with Crippen LogP contribution in [0.3, 0.4) is 0 Å². The Morgan fingerprint density at radius 1 is 1.33 bits per heavy atom. The summed E-state index contributed by atoms with van der Waals surface area (Å²) in [7, 11) is 1.89. The van der Waals surface area contributed by atoms with E-state index < -0.39 is 0 Å². The van der Waals surface area contributed by atoms with Crippen LogP contribution in [0.5, 0.6) is 0 Å². The van der Waals surface area contributed by atoms with Gasteiger partial charge in [0.1, 0.15) is 5.82 Å². The molecule has 4 heteroatoms. The molecule has 2 aliphatic rings. The molecule has 3 nitrogen and oxygen atoms in total. The molecule has 0 aliphatic carbocycles. The first-order chi connectivity index (χ1) is 10.1. The number of rotatable bonds is 3. The number of nitrogens with zero attached hydrogens (tertiary/aromatic N) is 2. The molecular formula is C17H26FN3. The fraction of sp³-hybridized carbons (Fsp3) is 0.647. The van der Waals surface area contributed by atoms with E-state index in [0.717, 1.165) is 24.3 Å². The number of hydrogen-bond donors (Lipinski definition) is 1. The molecule has 1 N–H and O–H groups in total. The summed E-state index contributed by atoms with van der Waals surface area (Å²) < 4.78 is 14.4. The molecule has 2 saturated heterocycles. The van der Waals surface area contributed by atoms with Gasteiger partial charge in [-0.15, -0.1) is 0 Å². The number of halogens is 1. The second-order valence-electron chi connectivity index (χ2n) is 6.48. The number of nitrogens with one attached hydrogen (secondary N) is 1. The summed E-state index contributed by atoms with van der Waals surface area (Å²) in [6.07, 6.45) is 2.57. The first-order valence-electron chi connectivity index (χ1n) is 8.08. The summed E-state index contributed by atoms with van der Waals surface area (Å²) in [6.45, 7) is 7.63. The van der Waals surface area contributed by atoms with Crippen molar-refractivity contribution >= 4 is 5.69 Å². The van der Waals surface area contributed by atoms with Gasteiger partial charge < -0.3 is 10.2 Å². The van der Waals surface area contributed by atoms with Crippen molar-refractivity contribution in [2.45, 2.75) is 44.8 Å². The van der Waals surface area contributed by atoms with Gasteiger partial charge in [0.05, 0.1) is 0 Å². The second kappa shape index (κ2) is 5.93. The van der Waals surface area contributed by atoms with Crippen LogP contribution < -0.4 is 10.2 Å². The predicted molar refractivity (Wildman–Crippen MR) is 85.3 cm³/mol. The van der Waals surface area contributed by atoms with Crippen LogP contribution in [0.2, 0.25) is 0 Å². The maximum absolute atomic E-state index is 14.4. The Morgan fingerprint density at radius 2 is 2.14 bits per heavy atom. The Morgan fingerprint density at radius 3 is 2.90 bits per heavy atom. The van der Waals surface area contributed by atoms with Crippen LogP contribution in [0.4, 0.5) is 10.1 Å². The fourth-order valence-corrected chi connectivity index (χ4v) is 3.87. The van der Waals surface area contributed by atoms with Crippen molar-refractivity contribution in [2.75, 3.05) is 31.6 Å². The SMILES string of the molecule is CNC(C)c1c(F)cccc1N1CC2CCCN2CC1C. The van der Waals surface area contributed by atoms with Crippen LogP contribution in [-0.4, -0.2) is 43.7 Å². The molecule has 0 aromatic heterocycles. The molecule has 2 aliphatic heterocycles. The highest BCUT2D eigenvalue weighted by atomic mass is 19.1. The number of anilines is 1. The van der Waals surface area contributed by atoms with Gasteiger partial charge in [0.25, 0.3) is 0 Å². The van der Waals surface area contributed by atoms with E-state index >= 15 is 0 Å². The highest BCUT2D eigenvalue weighted by Gasteiger charge is 2.35. The minimum absolute atomic E-state index is 0.0232. The molecule has 1 aromatic carbocycles. The molecule has 3 atom stereocenters. The molecule has 3 unspecified atom stereocenters. The Bertz CT molecular complexity index is 505. The van der Waals surface area contributed by atoms with Crippen LogP contribution >= 0.6 is 0 Å². The van der Waals surface area contributed by atoms with E-state index in [1.165, 1.54) is 19.4 Å². The third-order valence-corrected chi connectivity index (χ3v) is 5.14. The van der Waals surface area contributed by atoms with Gasteiger partial charge in [-0.2, -0.15) is 0 Å². The number of hydrogen-bond acceptors (Lipinski definition) is 3. The topological polar surface area (TPSA) is 18.5 Å². The molecule has 3 rings (SSSR count). The zero-order valence-corrected chi connectivity index (χ0v) is 13.3. The summed E-state index contributed by atoms with van der Waals surface area (Å²) in [4.78, 5) is 5.01. The van der Waals surface area contributed by atoms with Gasteiger partial charge in [-0.05, 0) is 52.4 Å². The van der Waals surface area contributed by atoms with Crippen LogP contribution in [0.1, 0.15) is 38.3 Å². The monoisotopic (exact) mass is 291 g/mol. The molecule has 21 heavy (non-hydrogen) atoms. The third-order valence-electron chi connectivity index (χ3n) is 5.14. The molecule has 2 fully saturated rings. The average molecular weight is 291 g/mol. The summed E-state index contributed by atoms with van der Waals surface area (Å²) >= 11 is 0. The number of benzene rings is 1. The third kappa shape index (κ3) is 2.67. The van der Waals surface area contributed by atoms with E-state index in [2.05, 4.69) is 28.1 Å². The Hall–Kier alpha value is -1.13. The lowest BCUT2D eigenvalue weighted by atomic mass is 10.0. The molecule has 0 saturated carbocycles. The van der Waals surface area contributed by atoms with Crippen molar-refractivity contribution < 1.29 is 4.39 Å². The van der Waals surface area contributed by atoms with Gasteiger partial charge in [-0.1, -0.05) is 6.07 Å². The molecule has 0 radical (unpaired) electrons. The van der Waals surface area contributed by atoms with Crippen molar-refractivity contribution in [1.82, 2.24) is 10.2 Å². The molecule has 0 spiro atoms. The minimum atomic E-state index is -0.101. The molecule has 0 amide bonds. The molecular weight excluding hydrogens is 265 g/mol. The van der Waals surface area contributed by atoms with Gasteiger partial charge in [0.2, 0.25) is 0 Å². The zero-order chi connectivity index (χ0) is 15.0. The van der Waals surface area contributed by atoms with Gasteiger partial charge in [0, 0.05) is 42.5 Å². The van der Waals surface area contributed by atoms with Gasteiger partial charge >= 0.3 is 0 Å². The van der Waals surface area contributed by atoms with Crippen LogP contribution in [0.15, 0.2) is 18.2 Å². The smallest absolute Gasteiger partial charge is 0.130 e. The van der Waals surface area contributed by atoms with Crippen molar-refractivity contribution in [3.8, 4) is 0 Å². The summed E-state index contributed by atoms with van der Waals surface area (Å²) in [5.74, 6) is -0.101. The summed E-state index contributed by atoms with van der Waals surface area (Å²) in [5.41, 5.74) is 1.87. The Balaban J connectivity index is 1.94. The van der Waals surface area contributed by atoms with E-state index in [9.17, 15) is 4.39 Å². The first-order valence-corrected chi connectivity index (χ1v) is 8.08. The highest BCUT2D eigenvalue weighted by Crippen LogP contribution is 2.34. The minimum Gasteiger partial charge on any atom is -0.366 e. The molecule has 1 aromatic rings. The normalized spacial score (nSPS) is 27.7. The predicted octanol–water partition coefficient (Wildman–Crippen LogP) is 2.78. The Kier molecular flexibility index (Phi) is 4.18. The van der Waals surface area contributed by atoms with Crippen LogP contribution in [0, 0.1) is 5.82 Å². The maximum Gasteiger partial charge on any atom is 0.130 e. The number of fused-ring (bicyclic) bond motifs is 1. The molecule has 116 valence electrons. The largest absolute Gasteiger partial charge is 0.366 e. The Labute approximate surface area is 127 Å². The summed E-state index contributed by atoms with van der Waals surface area (Å²) in [5, 5.41) is 3.19. The standard InChI is InChI=1S/C17H26FN3/c1-12-10-20-9-5-6-14(20)11-21(12)16-8-4-7-15(18)17(16)13(2)19-3/h4,7-8,12-14,19H,5-6,9-11H2,1-3H3. The molecule has 0 bridgehead atoms. The van der Waals surface area contributed by atoms with Crippen LogP contribution in [-0.2, 0) is 0 Å². The van der Waals surface area contributed by atoms with Crippen molar-refractivity contribution in [3.63, 3.8) is 0 Å². The molecule has 2 heterocycles. The average Bonchev–Trinajstić information content (AvgIpc) is 2.92. The van der Waals surface area contributed by atoms with E-state index in [1.807, 2.05) is 20.0 Å². The summed E-state index contributed by atoms with van der Waals surface area (Å²) in [6, 6.07) is 6.59. The van der Waals surface area contributed by atoms with Gasteiger partial charge in [0.15, 0.2) is 0 Å². The van der Waals surface area contributed by atoms with Crippen LogP contribution in [0.25, 0.3) is 0 Å². The van der Waals surface area contributed by atoms with E-state index in [4.69, 9.17) is 0 Å². The van der Waals surface area contributed by atoms with Crippen molar-refractivity contribution in [1.29, 1.82) is 0 Å². The zero-order valence-electron chi connectivity index (χ0n) is 13.3. The van der Waals surface area contributed by atoms with E-state index in [-0.39, 0.29) is 11.9 Å². The van der Waals surface area contributed by atoms with Crippen molar-refractivity contribution in [2.24, 2.45) is 0 Å². The van der Waals surface area contributed by atoms with E-state index in [0.29, 0.717) is 12.1 Å².